The normalized spacial score (nSPS) is 17.1. The van der Waals surface area contributed by atoms with Crippen LogP contribution in [0.3, 0.4) is 0 Å². The van der Waals surface area contributed by atoms with Gasteiger partial charge in [-0.2, -0.15) is 0 Å². The summed E-state index contributed by atoms with van der Waals surface area (Å²) in [5, 5.41) is 0. The summed E-state index contributed by atoms with van der Waals surface area (Å²) in [5.74, 6) is -0.614. The molecule has 0 bridgehead atoms. The molecule has 3 nitrogen and oxygen atoms in total. The van der Waals surface area contributed by atoms with Gasteiger partial charge in [-0.1, -0.05) is 0 Å². The topological polar surface area (TPSA) is 35.5 Å². The van der Waals surface area contributed by atoms with E-state index >= 15 is 0 Å². The molecular formula is C16H12F2O3. The molecular weight excluding hydrogens is 278 g/mol. The summed E-state index contributed by atoms with van der Waals surface area (Å²) in [6, 6.07) is 8.01. The molecule has 21 heavy (non-hydrogen) atoms. The Labute approximate surface area is 120 Å². The molecule has 2 aromatic carbocycles. The maximum atomic E-state index is 13.3. The molecule has 0 aliphatic carbocycles. The number of fused-ring (bicyclic) bond motifs is 1. The van der Waals surface area contributed by atoms with Gasteiger partial charge in [-0.3, -0.25) is 4.79 Å². The van der Waals surface area contributed by atoms with Gasteiger partial charge in [-0.25, -0.2) is 8.78 Å². The molecule has 2 aromatic rings. The van der Waals surface area contributed by atoms with Gasteiger partial charge in [0.2, 0.25) is 0 Å². The summed E-state index contributed by atoms with van der Waals surface area (Å²) in [5.41, 5.74) is 0.748. The fourth-order valence-electron chi connectivity index (χ4n) is 2.38. The standard InChI is InChI=1S/C16H12F2O3/c1-20-12-2-3-13-14(19)8-15(21-16(13)7-12)9-4-10(17)6-11(18)5-9/h2-7,15H,8H2,1H3. The zero-order chi connectivity index (χ0) is 15.0. The molecule has 1 heterocycles. The first-order valence-electron chi connectivity index (χ1n) is 6.40. The van der Waals surface area contributed by atoms with Crippen LogP contribution in [0.15, 0.2) is 36.4 Å². The average molecular weight is 290 g/mol. The van der Waals surface area contributed by atoms with Gasteiger partial charge in [0.05, 0.1) is 19.1 Å². The maximum absolute atomic E-state index is 13.3. The van der Waals surface area contributed by atoms with Gasteiger partial charge < -0.3 is 9.47 Å². The van der Waals surface area contributed by atoms with Crippen LogP contribution < -0.4 is 9.47 Å². The summed E-state index contributed by atoms with van der Waals surface area (Å²) in [7, 11) is 1.51. The Morgan fingerprint density at radius 3 is 2.52 bits per heavy atom. The summed E-state index contributed by atoms with van der Waals surface area (Å²) >= 11 is 0. The van der Waals surface area contributed by atoms with E-state index in [0.29, 0.717) is 22.6 Å². The highest BCUT2D eigenvalue weighted by molar-refractivity contribution is 6.00. The van der Waals surface area contributed by atoms with Crippen LogP contribution in [-0.2, 0) is 0 Å². The van der Waals surface area contributed by atoms with Gasteiger partial charge in [0, 0.05) is 12.1 Å². The zero-order valence-electron chi connectivity index (χ0n) is 11.2. The summed E-state index contributed by atoms with van der Waals surface area (Å²) < 4.78 is 37.4. The van der Waals surface area contributed by atoms with Crippen molar-refractivity contribution in [2.45, 2.75) is 12.5 Å². The highest BCUT2D eigenvalue weighted by Crippen LogP contribution is 2.37. The smallest absolute Gasteiger partial charge is 0.170 e. The number of rotatable bonds is 2. The van der Waals surface area contributed by atoms with Crippen molar-refractivity contribution >= 4 is 5.78 Å². The fourth-order valence-corrected chi connectivity index (χ4v) is 2.38. The van der Waals surface area contributed by atoms with Crippen molar-refractivity contribution in [3.8, 4) is 11.5 Å². The van der Waals surface area contributed by atoms with Crippen LogP contribution in [0.5, 0.6) is 11.5 Å². The van der Waals surface area contributed by atoms with E-state index in [1.807, 2.05) is 0 Å². The van der Waals surface area contributed by atoms with Crippen molar-refractivity contribution in [1.82, 2.24) is 0 Å². The fraction of sp³-hybridized carbons (Fsp3) is 0.188. The summed E-state index contributed by atoms with van der Waals surface area (Å²) in [6.07, 6.45) is -0.662. The minimum atomic E-state index is -0.706. The maximum Gasteiger partial charge on any atom is 0.170 e. The molecule has 0 aromatic heterocycles. The van der Waals surface area contributed by atoms with E-state index in [0.717, 1.165) is 6.07 Å². The third kappa shape index (κ3) is 2.59. The van der Waals surface area contributed by atoms with Gasteiger partial charge in [0.15, 0.2) is 5.78 Å². The second-order valence-corrected chi connectivity index (χ2v) is 4.80. The molecule has 0 radical (unpaired) electrons. The molecule has 0 saturated heterocycles. The Balaban J connectivity index is 1.98. The molecule has 0 fully saturated rings. The molecule has 0 N–H and O–H groups in total. The average Bonchev–Trinajstić information content (AvgIpc) is 2.45. The second-order valence-electron chi connectivity index (χ2n) is 4.80. The summed E-state index contributed by atoms with van der Waals surface area (Å²) in [4.78, 5) is 12.1. The number of carbonyl (C=O) groups is 1. The molecule has 0 amide bonds. The van der Waals surface area contributed by atoms with E-state index < -0.39 is 17.7 Å². The number of halogens is 2. The lowest BCUT2D eigenvalue weighted by atomic mass is 9.96. The molecule has 0 spiro atoms. The van der Waals surface area contributed by atoms with Gasteiger partial charge in [0.25, 0.3) is 0 Å². The van der Waals surface area contributed by atoms with E-state index in [4.69, 9.17) is 9.47 Å². The van der Waals surface area contributed by atoms with Crippen molar-refractivity contribution in [1.29, 1.82) is 0 Å². The minimum Gasteiger partial charge on any atom is -0.497 e. The highest BCUT2D eigenvalue weighted by Gasteiger charge is 2.28. The van der Waals surface area contributed by atoms with E-state index in [1.165, 1.54) is 19.2 Å². The van der Waals surface area contributed by atoms with Crippen molar-refractivity contribution in [3.05, 3.63) is 59.2 Å². The molecule has 1 atom stereocenters. The van der Waals surface area contributed by atoms with Crippen LogP contribution in [-0.4, -0.2) is 12.9 Å². The third-order valence-corrected chi connectivity index (χ3v) is 3.39. The van der Waals surface area contributed by atoms with Crippen molar-refractivity contribution in [2.75, 3.05) is 7.11 Å². The van der Waals surface area contributed by atoms with Crippen LogP contribution in [0.1, 0.15) is 28.4 Å². The van der Waals surface area contributed by atoms with E-state index in [1.54, 1.807) is 18.2 Å². The van der Waals surface area contributed by atoms with Crippen LogP contribution >= 0.6 is 0 Å². The van der Waals surface area contributed by atoms with Crippen LogP contribution in [0, 0.1) is 11.6 Å². The third-order valence-electron chi connectivity index (χ3n) is 3.39. The SMILES string of the molecule is COc1ccc2c(c1)OC(c1cc(F)cc(F)c1)CC2=O. The molecule has 1 unspecified atom stereocenters. The number of hydrogen-bond donors (Lipinski definition) is 0. The van der Waals surface area contributed by atoms with Crippen molar-refractivity contribution in [2.24, 2.45) is 0 Å². The van der Waals surface area contributed by atoms with E-state index in [2.05, 4.69) is 0 Å². The van der Waals surface area contributed by atoms with E-state index in [-0.39, 0.29) is 12.2 Å². The van der Waals surface area contributed by atoms with E-state index in [9.17, 15) is 13.6 Å². The highest BCUT2D eigenvalue weighted by atomic mass is 19.1. The number of ether oxygens (including phenoxy) is 2. The Hall–Kier alpha value is -2.43. The Kier molecular flexibility index (Phi) is 3.33. The molecule has 0 saturated carbocycles. The van der Waals surface area contributed by atoms with Crippen LogP contribution in [0.4, 0.5) is 8.78 Å². The van der Waals surface area contributed by atoms with Gasteiger partial charge >= 0.3 is 0 Å². The number of ketones is 1. The van der Waals surface area contributed by atoms with Gasteiger partial charge in [-0.15, -0.1) is 0 Å². The molecule has 5 heteroatoms. The first kappa shape index (κ1) is 13.5. The molecule has 108 valence electrons. The zero-order valence-corrected chi connectivity index (χ0v) is 11.2. The number of carbonyl (C=O) groups excluding carboxylic acids is 1. The predicted octanol–water partition coefficient (Wildman–Crippen LogP) is 3.68. The first-order chi connectivity index (χ1) is 10.1. The monoisotopic (exact) mass is 290 g/mol. The van der Waals surface area contributed by atoms with Gasteiger partial charge in [0.1, 0.15) is 29.2 Å². The minimum absolute atomic E-state index is 0.0439. The van der Waals surface area contributed by atoms with Crippen LogP contribution in [0.2, 0.25) is 0 Å². The lowest BCUT2D eigenvalue weighted by Crippen LogP contribution is -2.20. The number of hydrogen-bond acceptors (Lipinski definition) is 3. The molecule has 1 aliphatic rings. The predicted molar refractivity (Wildman–Crippen MR) is 71.7 cm³/mol. The largest absolute Gasteiger partial charge is 0.497 e. The lowest BCUT2D eigenvalue weighted by molar-refractivity contribution is 0.0848. The van der Waals surface area contributed by atoms with Crippen LogP contribution in [0.25, 0.3) is 0 Å². The van der Waals surface area contributed by atoms with Gasteiger partial charge in [-0.05, 0) is 29.8 Å². The number of methoxy groups -OCH3 is 1. The van der Waals surface area contributed by atoms with Crippen molar-refractivity contribution < 1.29 is 23.0 Å². The Morgan fingerprint density at radius 1 is 1.14 bits per heavy atom. The van der Waals surface area contributed by atoms with Crippen molar-refractivity contribution in [3.63, 3.8) is 0 Å². The second kappa shape index (κ2) is 5.16. The summed E-state index contributed by atoms with van der Waals surface area (Å²) in [6.45, 7) is 0. The Bertz CT molecular complexity index is 692. The molecule has 3 rings (SSSR count). The molecule has 1 aliphatic heterocycles. The number of benzene rings is 2. The number of Topliss-reactive ketones (excluding diaryl/α,β-unsaturated/α-hetero) is 1. The first-order valence-corrected chi connectivity index (χ1v) is 6.40. The lowest BCUT2D eigenvalue weighted by Gasteiger charge is -2.26. The Morgan fingerprint density at radius 2 is 1.86 bits per heavy atom. The quantitative estimate of drug-likeness (QED) is 0.846.